The largest absolute Gasteiger partial charge is 0.349 e. The molecule has 1 unspecified atom stereocenters. The number of hydrogen-bond donors (Lipinski definition) is 2. The molecule has 2 rings (SSSR count). The summed E-state index contributed by atoms with van der Waals surface area (Å²) in [6.07, 6.45) is -0.0206. The lowest BCUT2D eigenvalue weighted by Crippen LogP contribution is -2.31. The Hall–Kier alpha value is -2.42. The summed E-state index contributed by atoms with van der Waals surface area (Å²) in [4.78, 5) is 24.5. The van der Waals surface area contributed by atoms with Gasteiger partial charge in [0.1, 0.15) is 0 Å². The summed E-state index contributed by atoms with van der Waals surface area (Å²) >= 11 is 5.92. The number of amides is 2. The minimum Gasteiger partial charge on any atom is -0.349 e. The highest BCUT2D eigenvalue weighted by atomic mass is 35.5. The van der Waals surface area contributed by atoms with Crippen molar-refractivity contribution in [2.24, 2.45) is 0 Å². The smallest absolute Gasteiger partial charge is 0.243 e. The molecule has 1 atom stereocenters. The summed E-state index contributed by atoms with van der Waals surface area (Å²) in [6, 6.07) is 11.1. The van der Waals surface area contributed by atoms with Crippen molar-refractivity contribution < 1.29 is 18.0 Å². The predicted octanol–water partition coefficient (Wildman–Crippen LogP) is 3.88. The fourth-order valence-electron chi connectivity index (χ4n) is 3.25. The molecule has 31 heavy (non-hydrogen) atoms. The first-order valence-electron chi connectivity index (χ1n) is 10.0. The Balaban J connectivity index is 2.24. The van der Waals surface area contributed by atoms with E-state index in [9.17, 15) is 18.0 Å². The van der Waals surface area contributed by atoms with Crippen LogP contribution in [-0.2, 0) is 19.6 Å². The number of carbonyl (C=O) groups excluding carboxylic acids is 2. The Bertz CT molecular complexity index is 1040. The van der Waals surface area contributed by atoms with E-state index in [1.807, 2.05) is 0 Å². The van der Waals surface area contributed by atoms with Gasteiger partial charge in [-0.05, 0) is 42.3 Å². The number of anilines is 1. The van der Waals surface area contributed by atoms with Crippen LogP contribution in [0.5, 0.6) is 0 Å². The molecule has 7 nitrogen and oxygen atoms in total. The number of rotatable bonds is 9. The van der Waals surface area contributed by atoms with Gasteiger partial charge in [-0.3, -0.25) is 9.59 Å². The highest BCUT2D eigenvalue weighted by Crippen LogP contribution is 2.25. The summed E-state index contributed by atoms with van der Waals surface area (Å²) in [6.45, 7) is 7.37. The number of carbonyl (C=O) groups is 2. The molecule has 0 aliphatic carbocycles. The fraction of sp³-hybridized carbons (Fsp3) is 0.364. The number of benzene rings is 2. The first kappa shape index (κ1) is 24.8. The lowest BCUT2D eigenvalue weighted by atomic mass is 10.0. The second-order valence-electron chi connectivity index (χ2n) is 7.13. The quantitative estimate of drug-likeness (QED) is 0.587. The van der Waals surface area contributed by atoms with Gasteiger partial charge in [-0.25, -0.2) is 8.42 Å². The zero-order chi connectivity index (χ0) is 23.2. The summed E-state index contributed by atoms with van der Waals surface area (Å²) in [5.41, 5.74) is 1.71. The normalized spacial score (nSPS) is 12.5. The lowest BCUT2D eigenvalue weighted by Gasteiger charge is -2.21. The molecule has 2 N–H and O–H groups in total. The maximum atomic E-state index is 12.9. The van der Waals surface area contributed by atoms with Gasteiger partial charge in [0.2, 0.25) is 21.8 Å². The average molecular weight is 466 g/mol. The Labute approximate surface area is 188 Å². The standard InChI is InChI=1S/C22H28ClN3O4S/c1-5-26(6-2)31(29,30)21-13-19(12-7-15(21)3)25-22(28)14-20(24-16(4)27)17-8-10-18(23)11-9-17/h7-13,20H,5-6,14H2,1-4H3,(H,24,27)(H,25,28). The predicted molar refractivity (Wildman–Crippen MR) is 123 cm³/mol. The summed E-state index contributed by atoms with van der Waals surface area (Å²) in [5, 5.41) is 6.06. The lowest BCUT2D eigenvalue weighted by molar-refractivity contribution is -0.120. The van der Waals surface area contributed by atoms with E-state index in [4.69, 9.17) is 11.6 Å². The van der Waals surface area contributed by atoms with Gasteiger partial charge in [0.15, 0.2) is 0 Å². The Morgan fingerprint density at radius 2 is 1.68 bits per heavy atom. The van der Waals surface area contributed by atoms with Crippen LogP contribution in [0, 0.1) is 6.92 Å². The molecule has 0 bridgehead atoms. The second-order valence-corrected chi connectivity index (χ2v) is 9.47. The number of nitrogens with one attached hydrogen (secondary N) is 2. The van der Waals surface area contributed by atoms with Crippen LogP contribution in [0.2, 0.25) is 5.02 Å². The van der Waals surface area contributed by atoms with E-state index >= 15 is 0 Å². The highest BCUT2D eigenvalue weighted by molar-refractivity contribution is 7.89. The van der Waals surface area contributed by atoms with E-state index in [1.54, 1.807) is 57.2 Å². The van der Waals surface area contributed by atoms with Crippen LogP contribution < -0.4 is 10.6 Å². The zero-order valence-corrected chi connectivity index (χ0v) is 19.7. The SMILES string of the molecule is CCN(CC)S(=O)(=O)c1cc(NC(=O)CC(NC(C)=O)c2ccc(Cl)cc2)ccc1C. The minimum atomic E-state index is -3.66. The van der Waals surface area contributed by atoms with E-state index in [-0.39, 0.29) is 23.1 Å². The molecule has 0 heterocycles. The summed E-state index contributed by atoms with van der Waals surface area (Å²) < 4.78 is 27.2. The van der Waals surface area contributed by atoms with E-state index in [0.717, 1.165) is 5.56 Å². The van der Waals surface area contributed by atoms with Crippen molar-refractivity contribution in [3.8, 4) is 0 Å². The van der Waals surface area contributed by atoms with Crippen LogP contribution in [0.1, 0.15) is 44.4 Å². The van der Waals surface area contributed by atoms with Gasteiger partial charge in [0, 0.05) is 30.7 Å². The number of hydrogen-bond acceptors (Lipinski definition) is 4. The monoisotopic (exact) mass is 465 g/mol. The highest BCUT2D eigenvalue weighted by Gasteiger charge is 2.24. The maximum absolute atomic E-state index is 12.9. The number of aryl methyl sites for hydroxylation is 1. The molecule has 0 radical (unpaired) electrons. The zero-order valence-electron chi connectivity index (χ0n) is 18.1. The van der Waals surface area contributed by atoms with Crippen LogP contribution >= 0.6 is 11.6 Å². The van der Waals surface area contributed by atoms with Crippen molar-refractivity contribution in [3.05, 3.63) is 58.6 Å². The first-order valence-corrected chi connectivity index (χ1v) is 11.8. The van der Waals surface area contributed by atoms with E-state index in [1.165, 1.54) is 17.3 Å². The molecule has 2 aromatic carbocycles. The fourth-order valence-corrected chi connectivity index (χ4v) is 5.08. The van der Waals surface area contributed by atoms with Crippen LogP contribution in [0.3, 0.4) is 0 Å². The molecule has 9 heteroatoms. The third-order valence-corrected chi connectivity index (χ3v) is 7.28. The third-order valence-electron chi connectivity index (χ3n) is 4.83. The van der Waals surface area contributed by atoms with E-state index < -0.39 is 16.1 Å². The van der Waals surface area contributed by atoms with Crippen LogP contribution in [0.25, 0.3) is 0 Å². The molecule has 0 spiro atoms. The Morgan fingerprint density at radius 1 is 1.06 bits per heavy atom. The van der Waals surface area contributed by atoms with Crippen LogP contribution in [0.15, 0.2) is 47.4 Å². The van der Waals surface area contributed by atoms with Gasteiger partial charge in [0.05, 0.1) is 17.4 Å². The average Bonchev–Trinajstić information content (AvgIpc) is 2.69. The van der Waals surface area contributed by atoms with Gasteiger partial charge in [-0.2, -0.15) is 4.31 Å². The van der Waals surface area contributed by atoms with Gasteiger partial charge < -0.3 is 10.6 Å². The molecule has 0 fully saturated rings. The van der Waals surface area contributed by atoms with Gasteiger partial charge in [-0.15, -0.1) is 0 Å². The molecule has 2 amide bonds. The van der Waals surface area contributed by atoms with Crippen molar-refractivity contribution in [2.45, 2.75) is 45.1 Å². The van der Waals surface area contributed by atoms with E-state index in [2.05, 4.69) is 10.6 Å². The van der Waals surface area contributed by atoms with Crippen molar-refractivity contribution >= 4 is 39.1 Å². The number of sulfonamides is 1. The number of halogens is 1. The molecule has 0 aliphatic rings. The van der Waals surface area contributed by atoms with Crippen molar-refractivity contribution in [3.63, 3.8) is 0 Å². The topological polar surface area (TPSA) is 95.6 Å². The Morgan fingerprint density at radius 3 is 2.23 bits per heavy atom. The second kappa shape index (κ2) is 10.7. The molecule has 2 aromatic rings. The number of nitrogens with zero attached hydrogens (tertiary/aromatic N) is 1. The van der Waals surface area contributed by atoms with Gasteiger partial charge in [-0.1, -0.05) is 43.6 Å². The molecular formula is C22H28ClN3O4S. The summed E-state index contributed by atoms with van der Waals surface area (Å²) in [7, 11) is -3.66. The van der Waals surface area contributed by atoms with Crippen molar-refractivity contribution in [1.82, 2.24) is 9.62 Å². The van der Waals surface area contributed by atoms with Crippen molar-refractivity contribution in [1.29, 1.82) is 0 Å². The molecular weight excluding hydrogens is 438 g/mol. The van der Waals surface area contributed by atoms with Crippen molar-refractivity contribution in [2.75, 3.05) is 18.4 Å². The third kappa shape index (κ3) is 6.53. The minimum absolute atomic E-state index is 0.0206. The van der Waals surface area contributed by atoms with Crippen LogP contribution in [-0.4, -0.2) is 37.6 Å². The van der Waals surface area contributed by atoms with Gasteiger partial charge >= 0.3 is 0 Å². The summed E-state index contributed by atoms with van der Waals surface area (Å²) in [5.74, 6) is -0.626. The first-order chi connectivity index (χ1) is 14.6. The van der Waals surface area contributed by atoms with E-state index in [0.29, 0.717) is 29.4 Å². The van der Waals surface area contributed by atoms with Gasteiger partial charge in [0.25, 0.3) is 0 Å². The molecule has 0 saturated heterocycles. The van der Waals surface area contributed by atoms with Crippen LogP contribution in [0.4, 0.5) is 5.69 Å². The molecule has 0 aromatic heterocycles. The Kier molecular flexibility index (Phi) is 8.61. The maximum Gasteiger partial charge on any atom is 0.243 e. The molecule has 168 valence electrons. The molecule has 0 aliphatic heterocycles. The molecule has 0 saturated carbocycles.